The highest BCUT2D eigenvalue weighted by Gasteiger charge is 2.21. The van der Waals surface area contributed by atoms with E-state index < -0.39 is 5.91 Å². The largest absolute Gasteiger partial charge is 0.325 e. The molecule has 0 aliphatic heterocycles. The Morgan fingerprint density at radius 3 is 2.39 bits per heavy atom. The van der Waals surface area contributed by atoms with Gasteiger partial charge in [-0.3, -0.25) is 14.4 Å². The lowest BCUT2D eigenvalue weighted by atomic mass is 10.1. The molecule has 0 bridgehead atoms. The third kappa shape index (κ3) is 8.19. The molecule has 3 amide bonds. The number of nitrogens with one attached hydrogen (secondary N) is 3. The highest BCUT2D eigenvalue weighted by molar-refractivity contribution is 8.00. The first kappa shape index (κ1) is 29.8. The van der Waals surface area contributed by atoms with Crippen molar-refractivity contribution in [3.05, 3.63) is 118 Å². The number of thioether (sulfide) groups is 1. The molecule has 0 saturated heterocycles. The summed E-state index contributed by atoms with van der Waals surface area (Å²) in [7, 11) is 0. The van der Waals surface area contributed by atoms with E-state index in [0.29, 0.717) is 17.7 Å². The van der Waals surface area contributed by atoms with Gasteiger partial charge in [-0.15, -0.1) is 23.1 Å². The minimum Gasteiger partial charge on any atom is -0.325 e. The quantitative estimate of drug-likeness (QED) is 0.126. The highest BCUT2D eigenvalue weighted by atomic mass is 32.2. The lowest BCUT2D eigenvalue weighted by Crippen LogP contribution is -2.30. The van der Waals surface area contributed by atoms with Gasteiger partial charge in [0.1, 0.15) is 5.70 Å². The van der Waals surface area contributed by atoms with Gasteiger partial charge < -0.3 is 16.0 Å². The molecule has 3 aromatic carbocycles. The number of carbonyl (C=O) groups excluding carboxylic acids is 3. The molecule has 3 N–H and O–H groups in total. The Morgan fingerprint density at radius 2 is 1.68 bits per heavy atom. The van der Waals surface area contributed by atoms with Crippen molar-refractivity contribution in [2.24, 2.45) is 0 Å². The number of hydrogen-bond donors (Lipinski definition) is 3. The Morgan fingerprint density at radius 1 is 0.902 bits per heavy atom. The van der Waals surface area contributed by atoms with Gasteiger partial charge in [-0.25, -0.2) is 0 Å². The lowest BCUT2D eigenvalue weighted by molar-refractivity contribution is -0.116. The summed E-state index contributed by atoms with van der Waals surface area (Å²) in [6.45, 7) is 6.06. The molecular formula is C33H33N3O3S2. The second kappa shape index (κ2) is 14.5. The highest BCUT2D eigenvalue weighted by Crippen LogP contribution is 2.30. The third-order valence-corrected chi connectivity index (χ3v) is 8.56. The molecule has 0 fully saturated rings. The Balaban J connectivity index is 1.48. The number of para-hydroxylation sites is 1. The predicted octanol–water partition coefficient (Wildman–Crippen LogP) is 7.54. The van der Waals surface area contributed by atoms with Gasteiger partial charge in [-0.05, 0) is 78.7 Å². The molecule has 210 valence electrons. The van der Waals surface area contributed by atoms with E-state index in [1.807, 2.05) is 73.8 Å². The fourth-order valence-corrected chi connectivity index (χ4v) is 5.87. The van der Waals surface area contributed by atoms with Crippen LogP contribution in [-0.2, 0) is 16.0 Å². The molecule has 1 atom stereocenters. The van der Waals surface area contributed by atoms with E-state index in [1.54, 1.807) is 36.4 Å². The maximum atomic E-state index is 13.3. The van der Waals surface area contributed by atoms with Crippen LogP contribution in [0.2, 0.25) is 0 Å². The van der Waals surface area contributed by atoms with E-state index in [-0.39, 0.29) is 22.8 Å². The summed E-state index contributed by atoms with van der Waals surface area (Å²) in [5, 5.41) is 10.4. The third-order valence-electron chi connectivity index (χ3n) is 6.38. The van der Waals surface area contributed by atoms with Gasteiger partial charge in [0.25, 0.3) is 11.8 Å². The summed E-state index contributed by atoms with van der Waals surface area (Å²) in [6.07, 6.45) is 3.13. The average Bonchev–Trinajstić information content (AvgIpc) is 3.50. The van der Waals surface area contributed by atoms with Crippen molar-refractivity contribution >= 4 is 58.3 Å². The van der Waals surface area contributed by atoms with Gasteiger partial charge >= 0.3 is 0 Å². The summed E-state index contributed by atoms with van der Waals surface area (Å²) in [5.41, 5.74) is 4.17. The van der Waals surface area contributed by atoms with E-state index >= 15 is 0 Å². The fourth-order valence-electron chi connectivity index (χ4n) is 4.20. The normalized spacial score (nSPS) is 11.9. The van der Waals surface area contributed by atoms with Gasteiger partial charge in [0.2, 0.25) is 5.91 Å². The number of hydrogen-bond acceptors (Lipinski definition) is 5. The van der Waals surface area contributed by atoms with Crippen molar-refractivity contribution in [3.8, 4) is 0 Å². The average molecular weight is 584 g/mol. The minimum absolute atomic E-state index is 0.0549. The first-order valence-electron chi connectivity index (χ1n) is 13.5. The molecule has 0 aliphatic rings. The van der Waals surface area contributed by atoms with Crippen LogP contribution < -0.4 is 16.0 Å². The van der Waals surface area contributed by atoms with Crippen LogP contribution in [0.1, 0.15) is 46.6 Å². The second-order valence-corrected chi connectivity index (χ2v) is 11.6. The zero-order chi connectivity index (χ0) is 29.2. The molecule has 1 unspecified atom stereocenters. The van der Waals surface area contributed by atoms with Crippen molar-refractivity contribution in [3.63, 3.8) is 0 Å². The molecule has 8 heteroatoms. The van der Waals surface area contributed by atoms with Crippen LogP contribution in [0.3, 0.4) is 0 Å². The molecule has 0 saturated carbocycles. The van der Waals surface area contributed by atoms with Crippen molar-refractivity contribution in [1.82, 2.24) is 5.32 Å². The molecule has 0 radical (unpaired) electrons. The first-order chi connectivity index (χ1) is 19.9. The summed E-state index contributed by atoms with van der Waals surface area (Å²) >= 11 is 2.92. The van der Waals surface area contributed by atoms with Crippen molar-refractivity contribution in [1.29, 1.82) is 0 Å². The van der Waals surface area contributed by atoms with Gasteiger partial charge in [-0.2, -0.15) is 0 Å². The zero-order valence-corrected chi connectivity index (χ0v) is 24.9. The van der Waals surface area contributed by atoms with E-state index in [0.717, 1.165) is 33.0 Å². The molecule has 0 spiro atoms. The van der Waals surface area contributed by atoms with Crippen LogP contribution in [0.25, 0.3) is 6.08 Å². The summed E-state index contributed by atoms with van der Waals surface area (Å²) in [6, 6.07) is 25.9. The fraction of sp³-hybridized carbons (Fsp3) is 0.182. The minimum atomic E-state index is -0.443. The van der Waals surface area contributed by atoms with Gasteiger partial charge in [0, 0.05) is 26.7 Å². The number of benzene rings is 3. The molecule has 6 nitrogen and oxygen atoms in total. The van der Waals surface area contributed by atoms with Gasteiger partial charge in [0.15, 0.2) is 0 Å². The Kier molecular flexibility index (Phi) is 10.5. The van der Waals surface area contributed by atoms with Crippen LogP contribution in [0.4, 0.5) is 11.4 Å². The van der Waals surface area contributed by atoms with E-state index in [9.17, 15) is 14.4 Å². The molecule has 1 heterocycles. The number of carbonyl (C=O) groups is 3. The van der Waals surface area contributed by atoms with Crippen molar-refractivity contribution in [2.75, 3.05) is 10.6 Å². The molecule has 4 aromatic rings. The lowest BCUT2D eigenvalue weighted by Gasteiger charge is -2.18. The second-order valence-electron chi connectivity index (χ2n) is 9.34. The van der Waals surface area contributed by atoms with Crippen LogP contribution in [-0.4, -0.2) is 23.0 Å². The maximum absolute atomic E-state index is 13.3. The van der Waals surface area contributed by atoms with E-state index in [4.69, 9.17) is 0 Å². The van der Waals surface area contributed by atoms with E-state index in [2.05, 4.69) is 22.9 Å². The number of rotatable bonds is 11. The number of amides is 3. The van der Waals surface area contributed by atoms with Gasteiger partial charge in [-0.1, -0.05) is 62.4 Å². The first-order valence-corrected chi connectivity index (χ1v) is 15.2. The molecule has 4 rings (SSSR count). The maximum Gasteiger partial charge on any atom is 0.272 e. The molecular weight excluding hydrogens is 551 g/mol. The van der Waals surface area contributed by atoms with Crippen LogP contribution >= 0.6 is 23.1 Å². The monoisotopic (exact) mass is 583 g/mol. The van der Waals surface area contributed by atoms with Gasteiger partial charge in [0.05, 0.1) is 5.25 Å². The van der Waals surface area contributed by atoms with Crippen LogP contribution in [0.15, 0.2) is 101 Å². The Bertz CT molecular complexity index is 1530. The van der Waals surface area contributed by atoms with Crippen LogP contribution in [0.5, 0.6) is 0 Å². The SMILES string of the molecule is CCc1cccc(C)c1NC(=O)C(CC)Sc1cccc(NC(=O)/C(=C/c2cccs2)NC(=O)c2ccccc2)c1. The Labute approximate surface area is 249 Å². The van der Waals surface area contributed by atoms with Crippen molar-refractivity contribution in [2.45, 2.75) is 43.8 Å². The summed E-state index contributed by atoms with van der Waals surface area (Å²) < 4.78 is 0. The van der Waals surface area contributed by atoms with Crippen LogP contribution in [0, 0.1) is 6.92 Å². The van der Waals surface area contributed by atoms with Crippen molar-refractivity contribution < 1.29 is 14.4 Å². The number of aryl methyl sites for hydroxylation is 2. The standard InChI is InChI=1S/C33H33N3O3S2/c1-4-23-15-9-12-22(3)30(23)36-33(39)29(5-2)41-27-17-10-16-25(20-27)34-32(38)28(21-26-18-11-19-40-26)35-31(37)24-13-7-6-8-14-24/h6-21,29H,4-5H2,1-3H3,(H,34,38)(H,35,37)(H,36,39)/b28-21-. The number of anilines is 2. The predicted molar refractivity (Wildman–Crippen MR) is 170 cm³/mol. The zero-order valence-electron chi connectivity index (χ0n) is 23.3. The topological polar surface area (TPSA) is 87.3 Å². The summed E-state index contributed by atoms with van der Waals surface area (Å²) in [4.78, 5) is 41.1. The molecule has 41 heavy (non-hydrogen) atoms. The summed E-state index contributed by atoms with van der Waals surface area (Å²) in [5.74, 6) is -0.869. The Hall–Kier alpha value is -4.14. The number of thiophene rings is 1. The van der Waals surface area contributed by atoms with E-state index in [1.165, 1.54) is 23.1 Å². The molecule has 1 aromatic heterocycles. The smallest absolute Gasteiger partial charge is 0.272 e. The molecule has 0 aliphatic carbocycles.